The molecule has 4 aromatic carbocycles. The summed E-state index contributed by atoms with van der Waals surface area (Å²) in [5, 5.41) is 3.62. The molecule has 222 valence electrons. The lowest BCUT2D eigenvalue weighted by Gasteiger charge is -2.17. The number of rotatable bonds is 8. The second kappa shape index (κ2) is 11.0. The molecule has 0 radical (unpaired) electrons. The molecule has 0 unspecified atom stereocenters. The van der Waals surface area contributed by atoms with Crippen LogP contribution in [0.4, 0.5) is 17.1 Å². The maximum atomic E-state index is 14.3. The SMILES string of the molecule is COc1cccc(Nc2c(C(N)=O)cnc3c(C)cc(S(=O)(=O)c4cccc5c4CN(Cc4ccc(N)cc4)C5=O)cc23)c1. The highest BCUT2D eigenvalue weighted by Gasteiger charge is 2.34. The molecular weight excluding hydrogens is 578 g/mol. The number of nitrogens with two attached hydrogens (primary N) is 2. The first kappa shape index (κ1) is 28.7. The fourth-order valence-electron chi connectivity index (χ4n) is 5.48. The predicted octanol–water partition coefficient (Wildman–Crippen LogP) is 4.97. The summed E-state index contributed by atoms with van der Waals surface area (Å²) in [6.07, 6.45) is 1.37. The van der Waals surface area contributed by atoms with Gasteiger partial charge >= 0.3 is 0 Å². The summed E-state index contributed by atoms with van der Waals surface area (Å²) < 4.78 is 33.9. The van der Waals surface area contributed by atoms with Gasteiger partial charge in [0.05, 0.1) is 33.7 Å². The molecule has 1 aliphatic heterocycles. The van der Waals surface area contributed by atoms with Gasteiger partial charge in [-0.3, -0.25) is 14.6 Å². The number of nitrogens with zero attached hydrogens (tertiary/aromatic N) is 2. The predicted molar refractivity (Wildman–Crippen MR) is 168 cm³/mol. The van der Waals surface area contributed by atoms with Crippen molar-refractivity contribution >= 4 is 49.6 Å². The fourth-order valence-corrected chi connectivity index (χ4v) is 7.10. The number of sulfone groups is 1. The topological polar surface area (TPSA) is 158 Å². The summed E-state index contributed by atoms with van der Waals surface area (Å²) in [6, 6.07) is 22.1. The number of benzene rings is 4. The number of hydrogen-bond donors (Lipinski definition) is 3. The fraction of sp³-hybridized carbons (Fsp3) is 0.121. The van der Waals surface area contributed by atoms with E-state index in [2.05, 4.69) is 10.3 Å². The molecule has 0 fully saturated rings. The molecule has 1 aromatic heterocycles. The number of nitrogens with one attached hydrogen (secondary N) is 1. The van der Waals surface area contributed by atoms with Gasteiger partial charge in [0, 0.05) is 53.2 Å². The van der Waals surface area contributed by atoms with E-state index in [1.807, 2.05) is 12.1 Å². The van der Waals surface area contributed by atoms with E-state index in [1.54, 1.807) is 73.5 Å². The van der Waals surface area contributed by atoms with Gasteiger partial charge in [-0.25, -0.2) is 8.42 Å². The lowest BCUT2D eigenvalue weighted by atomic mass is 10.1. The smallest absolute Gasteiger partial charge is 0.254 e. The van der Waals surface area contributed by atoms with Crippen LogP contribution in [0.25, 0.3) is 10.9 Å². The summed E-state index contributed by atoms with van der Waals surface area (Å²) >= 11 is 0. The third kappa shape index (κ3) is 5.07. The first-order chi connectivity index (χ1) is 21.1. The molecule has 10 nitrogen and oxygen atoms in total. The van der Waals surface area contributed by atoms with Gasteiger partial charge in [0.15, 0.2) is 0 Å². The Labute approximate surface area is 254 Å². The van der Waals surface area contributed by atoms with E-state index in [9.17, 15) is 18.0 Å². The number of amides is 2. The van der Waals surface area contributed by atoms with Crippen molar-refractivity contribution in [1.82, 2.24) is 9.88 Å². The second-order valence-corrected chi connectivity index (χ2v) is 12.5. The number of carbonyl (C=O) groups excluding carboxylic acids is 2. The van der Waals surface area contributed by atoms with E-state index in [0.717, 1.165) is 5.56 Å². The van der Waals surface area contributed by atoms with Gasteiger partial charge in [-0.2, -0.15) is 0 Å². The Morgan fingerprint density at radius 2 is 1.80 bits per heavy atom. The van der Waals surface area contributed by atoms with E-state index in [4.69, 9.17) is 16.2 Å². The monoisotopic (exact) mass is 607 g/mol. The summed E-state index contributed by atoms with van der Waals surface area (Å²) in [5.41, 5.74) is 15.9. The van der Waals surface area contributed by atoms with E-state index < -0.39 is 15.7 Å². The number of aromatic nitrogens is 1. The number of anilines is 3. The second-order valence-electron chi connectivity index (χ2n) is 10.6. The molecular formula is C33H29N5O5S. The summed E-state index contributed by atoms with van der Waals surface area (Å²) in [7, 11) is -2.58. The van der Waals surface area contributed by atoms with Crippen LogP contribution in [0.15, 0.2) is 94.9 Å². The largest absolute Gasteiger partial charge is 0.497 e. The quantitative estimate of drug-likeness (QED) is 0.209. The molecule has 5 aromatic rings. The van der Waals surface area contributed by atoms with Crippen LogP contribution in [0.1, 0.15) is 37.4 Å². The highest BCUT2D eigenvalue weighted by Crippen LogP contribution is 2.37. The number of methoxy groups -OCH3 is 1. The Bertz CT molecular complexity index is 2080. The van der Waals surface area contributed by atoms with Crippen LogP contribution in [0.5, 0.6) is 5.75 Å². The highest BCUT2D eigenvalue weighted by molar-refractivity contribution is 7.91. The van der Waals surface area contributed by atoms with E-state index in [0.29, 0.717) is 56.9 Å². The Kier molecular flexibility index (Phi) is 7.18. The van der Waals surface area contributed by atoms with Crippen LogP contribution in [0.3, 0.4) is 0 Å². The van der Waals surface area contributed by atoms with E-state index in [1.165, 1.54) is 18.3 Å². The third-order valence-corrected chi connectivity index (χ3v) is 9.51. The van der Waals surface area contributed by atoms with Crippen molar-refractivity contribution in [3.05, 3.63) is 113 Å². The molecule has 5 N–H and O–H groups in total. The first-order valence-corrected chi connectivity index (χ1v) is 15.2. The Morgan fingerprint density at radius 3 is 2.52 bits per heavy atom. The van der Waals surface area contributed by atoms with Gasteiger partial charge in [-0.05, 0) is 66.6 Å². The normalized spacial score (nSPS) is 12.8. The zero-order valence-electron chi connectivity index (χ0n) is 24.0. The van der Waals surface area contributed by atoms with Crippen LogP contribution < -0.4 is 21.5 Å². The molecule has 44 heavy (non-hydrogen) atoms. The number of aryl methyl sites for hydroxylation is 1. The van der Waals surface area contributed by atoms with Crippen LogP contribution in [-0.4, -0.2) is 37.2 Å². The maximum absolute atomic E-state index is 14.3. The lowest BCUT2D eigenvalue weighted by Crippen LogP contribution is -2.23. The molecule has 0 bridgehead atoms. The average molecular weight is 608 g/mol. The number of carbonyl (C=O) groups is 2. The third-order valence-electron chi connectivity index (χ3n) is 7.69. The molecule has 1 aliphatic rings. The number of primary amides is 1. The summed E-state index contributed by atoms with van der Waals surface area (Å²) in [4.78, 5) is 31.9. The van der Waals surface area contributed by atoms with Crippen LogP contribution in [0.2, 0.25) is 0 Å². The maximum Gasteiger partial charge on any atom is 0.254 e. The van der Waals surface area contributed by atoms with Crippen LogP contribution in [0, 0.1) is 6.92 Å². The molecule has 0 aliphatic carbocycles. The van der Waals surface area contributed by atoms with Gasteiger partial charge in [-0.1, -0.05) is 24.3 Å². The van der Waals surface area contributed by atoms with Gasteiger partial charge in [-0.15, -0.1) is 0 Å². The Morgan fingerprint density at radius 1 is 1.05 bits per heavy atom. The Balaban J connectivity index is 1.44. The standard InChI is InChI=1S/C33H29N5O5S/c1-19-13-24(15-26-30(19)36-16-27(32(35)39)31(26)37-22-5-3-6-23(14-22)43-2)44(41,42)29-8-4-7-25-28(29)18-38(33(25)40)17-20-9-11-21(34)12-10-20/h3-16H,17-18,34H2,1-2H3,(H2,35,39)(H,36,37). The van der Waals surface area contributed by atoms with Crippen LogP contribution >= 0.6 is 0 Å². The summed E-state index contributed by atoms with van der Waals surface area (Å²) in [5.74, 6) is -0.383. The number of pyridine rings is 1. The molecule has 11 heteroatoms. The zero-order valence-corrected chi connectivity index (χ0v) is 24.8. The lowest BCUT2D eigenvalue weighted by molar-refractivity contribution is 0.0766. The molecule has 6 rings (SSSR count). The number of fused-ring (bicyclic) bond motifs is 2. The average Bonchev–Trinajstić information content (AvgIpc) is 3.33. The van der Waals surface area contributed by atoms with Crippen molar-refractivity contribution in [2.75, 3.05) is 18.2 Å². The molecule has 0 saturated carbocycles. The minimum atomic E-state index is -4.12. The van der Waals surface area contributed by atoms with E-state index >= 15 is 0 Å². The molecule has 2 amide bonds. The van der Waals surface area contributed by atoms with Crippen molar-refractivity contribution in [1.29, 1.82) is 0 Å². The van der Waals surface area contributed by atoms with Crippen molar-refractivity contribution < 1.29 is 22.7 Å². The highest BCUT2D eigenvalue weighted by atomic mass is 32.2. The van der Waals surface area contributed by atoms with Crippen molar-refractivity contribution in [3.63, 3.8) is 0 Å². The summed E-state index contributed by atoms with van der Waals surface area (Å²) in [6.45, 7) is 2.20. The number of nitrogen functional groups attached to an aromatic ring is 1. The van der Waals surface area contributed by atoms with Gasteiger partial charge in [0.1, 0.15) is 5.75 Å². The Hall–Kier alpha value is -5.42. The van der Waals surface area contributed by atoms with Gasteiger partial charge < -0.3 is 26.4 Å². The molecule has 0 saturated heterocycles. The van der Waals surface area contributed by atoms with Gasteiger partial charge in [0.25, 0.3) is 11.8 Å². The van der Waals surface area contributed by atoms with Crippen molar-refractivity contribution in [2.45, 2.75) is 29.8 Å². The van der Waals surface area contributed by atoms with Gasteiger partial charge in [0.2, 0.25) is 9.84 Å². The van der Waals surface area contributed by atoms with E-state index in [-0.39, 0.29) is 27.8 Å². The molecule has 2 heterocycles. The minimum Gasteiger partial charge on any atom is -0.497 e. The zero-order chi connectivity index (χ0) is 31.2. The molecule has 0 atom stereocenters. The number of hydrogen-bond acceptors (Lipinski definition) is 8. The molecule has 0 spiro atoms. The number of ether oxygens (including phenoxy) is 1. The first-order valence-electron chi connectivity index (χ1n) is 13.7. The van der Waals surface area contributed by atoms with Crippen molar-refractivity contribution in [2.24, 2.45) is 5.73 Å². The van der Waals surface area contributed by atoms with Crippen molar-refractivity contribution in [3.8, 4) is 5.75 Å². The van der Waals surface area contributed by atoms with Crippen LogP contribution in [-0.2, 0) is 22.9 Å². The minimum absolute atomic E-state index is 0.00236.